The molecule has 1 fully saturated rings. The third kappa shape index (κ3) is 0.805. The van der Waals surface area contributed by atoms with Crippen molar-refractivity contribution < 1.29 is 0 Å². The Morgan fingerprint density at radius 1 is 1.44 bits per heavy atom. The van der Waals surface area contributed by atoms with Gasteiger partial charge in [0, 0.05) is 10.4 Å². The quantitative estimate of drug-likeness (QED) is 0.481. The fourth-order valence-corrected chi connectivity index (χ4v) is 2.49. The van der Waals surface area contributed by atoms with E-state index in [9.17, 15) is 0 Å². The zero-order valence-corrected chi connectivity index (χ0v) is 6.49. The summed E-state index contributed by atoms with van der Waals surface area (Å²) in [6.45, 7) is 0. The smallest absolute Gasteiger partial charge is 0.0405 e. The Morgan fingerprint density at radius 3 is 2.56 bits per heavy atom. The summed E-state index contributed by atoms with van der Waals surface area (Å²) >= 11 is 11.8. The maximum atomic E-state index is 5.97. The summed E-state index contributed by atoms with van der Waals surface area (Å²) in [7, 11) is 0. The zero-order valence-electron chi connectivity index (χ0n) is 4.98. The molecule has 50 valence electrons. The van der Waals surface area contributed by atoms with Gasteiger partial charge in [-0.25, -0.2) is 0 Å². The van der Waals surface area contributed by atoms with Crippen molar-refractivity contribution in [3.8, 4) is 0 Å². The van der Waals surface area contributed by atoms with Gasteiger partial charge in [-0.05, 0) is 24.7 Å². The monoisotopic (exact) mass is 162 g/mol. The number of halogens is 2. The molecule has 2 heteroatoms. The molecule has 2 aliphatic carbocycles. The van der Waals surface area contributed by atoms with Crippen molar-refractivity contribution in [2.24, 2.45) is 11.8 Å². The molecule has 3 unspecified atom stereocenters. The average Bonchev–Trinajstić information content (AvgIpc) is 2.24. The van der Waals surface area contributed by atoms with Crippen molar-refractivity contribution in [2.75, 3.05) is 0 Å². The fourth-order valence-electron chi connectivity index (χ4n) is 1.76. The van der Waals surface area contributed by atoms with E-state index in [0.29, 0.717) is 17.2 Å². The van der Waals surface area contributed by atoms with Crippen molar-refractivity contribution in [1.29, 1.82) is 0 Å². The van der Waals surface area contributed by atoms with Gasteiger partial charge in [-0.2, -0.15) is 0 Å². The molecule has 0 heterocycles. The van der Waals surface area contributed by atoms with Gasteiger partial charge in [0.05, 0.1) is 0 Å². The van der Waals surface area contributed by atoms with Crippen molar-refractivity contribution in [1.82, 2.24) is 0 Å². The number of allylic oxidation sites excluding steroid dienone is 2. The first-order chi connectivity index (χ1) is 4.27. The first-order valence-electron chi connectivity index (χ1n) is 3.28. The zero-order chi connectivity index (χ0) is 6.43. The molecule has 2 aliphatic rings. The van der Waals surface area contributed by atoms with E-state index in [0.717, 1.165) is 11.5 Å². The van der Waals surface area contributed by atoms with Crippen LogP contribution in [0, 0.1) is 11.8 Å². The minimum absolute atomic E-state index is 0.373. The van der Waals surface area contributed by atoms with Crippen LogP contribution in [-0.4, -0.2) is 5.38 Å². The van der Waals surface area contributed by atoms with Crippen molar-refractivity contribution >= 4 is 23.2 Å². The lowest BCUT2D eigenvalue weighted by atomic mass is 10.1. The molecule has 1 saturated carbocycles. The predicted octanol–water partition coefficient (Wildman–Crippen LogP) is 2.76. The van der Waals surface area contributed by atoms with Crippen molar-refractivity contribution in [3.05, 3.63) is 11.1 Å². The number of rotatable bonds is 0. The number of alkyl halides is 1. The molecule has 0 aromatic rings. The highest BCUT2D eigenvalue weighted by Gasteiger charge is 2.38. The Bertz CT molecular complexity index is 162. The normalized spacial score (nSPS) is 47.8. The van der Waals surface area contributed by atoms with Crippen LogP contribution in [0.2, 0.25) is 0 Å². The molecule has 2 rings (SSSR count). The second-order valence-electron chi connectivity index (χ2n) is 2.90. The van der Waals surface area contributed by atoms with Gasteiger partial charge in [0.25, 0.3) is 0 Å². The molecule has 3 atom stereocenters. The maximum Gasteiger partial charge on any atom is 0.0405 e. The Balaban J connectivity index is 2.25. The standard InChI is InChI=1S/C7H8Cl2/c8-6-2-4-1-5(6)3-7(4)9/h2,4-5,7H,1,3H2. The molecule has 0 N–H and O–H groups in total. The van der Waals surface area contributed by atoms with E-state index < -0.39 is 0 Å². The molecule has 0 spiro atoms. The van der Waals surface area contributed by atoms with E-state index in [4.69, 9.17) is 23.2 Å². The minimum Gasteiger partial charge on any atom is -0.122 e. The van der Waals surface area contributed by atoms with E-state index in [1.807, 2.05) is 0 Å². The summed E-state index contributed by atoms with van der Waals surface area (Å²) in [5.74, 6) is 1.20. The number of hydrogen-bond acceptors (Lipinski definition) is 0. The molecule has 0 saturated heterocycles. The topological polar surface area (TPSA) is 0 Å². The van der Waals surface area contributed by atoms with Crippen LogP contribution in [0.25, 0.3) is 0 Å². The van der Waals surface area contributed by atoms with Gasteiger partial charge >= 0.3 is 0 Å². The summed E-state index contributed by atoms with van der Waals surface area (Å²) in [6.07, 6.45) is 4.42. The lowest BCUT2D eigenvalue weighted by molar-refractivity contribution is 0.684. The molecule has 0 aliphatic heterocycles. The Kier molecular flexibility index (Phi) is 1.28. The summed E-state index contributed by atoms with van der Waals surface area (Å²) in [4.78, 5) is 0. The van der Waals surface area contributed by atoms with E-state index >= 15 is 0 Å². The minimum atomic E-state index is 0.373. The molecular formula is C7H8Cl2. The van der Waals surface area contributed by atoms with Crippen LogP contribution in [0.15, 0.2) is 11.1 Å². The van der Waals surface area contributed by atoms with E-state index in [1.165, 1.54) is 6.42 Å². The molecule has 0 aromatic heterocycles. The van der Waals surface area contributed by atoms with Crippen LogP contribution < -0.4 is 0 Å². The first kappa shape index (κ1) is 6.06. The van der Waals surface area contributed by atoms with Gasteiger partial charge in [-0.1, -0.05) is 17.7 Å². The molecule has 2 bridgehead atoms. The largest absolute Gasteiger partial charge is 0.122 e. The van der Waals surface area contributed by atoms with Crippen LogP contribution in [0.3, 0.4) is 0 Å². The van der Waals surface area contributed by atoms with Gasteiger partial charge in [0.2, 0.25) is 0 Å². The second kappa shape index (κ2) is 1.90. The summed E-state index contributed by atoms with van der Waals surface area (Å²) in [5.41, 5.74) is 0. The molecular weight excluding hydrogens is 155 g/mol. The van der Waals surface area contributed by atoms with Crippen molar-refractivity contribution in [3.63, 3.8) is 0 Å². The van der Waals surface area contributed by atoms with Crippen LogP contribution in [0.4, 0.5) is 0 Å². The van der Waals surface area contributed by atoms with Crippen LogP contribution in [-0.2, 0) is 0 Å². The summed E-state index contributed by atoms with van der Waals surface area (Å²) in [5, 5.41) is 1.43. The average molecular weight is 163 g/mol. The van der Waals surface area contributed by atoms with E-state index in [2.05, 4.69) is 6.08 Å². The van der Waals surface area contributed by atoms with Gasteiger partial charge < -0.3 is 0 Å². The molecule has 0 radical (unpaired) electrons. The third-order valence-corrected chi connectivity index (χ3v) is 3.23. The van der Waals surface area contributed by atoms with Crippen LogP contribution in [0.1, 0.15) is 12.8 Å². The highest BCUT2D eigenvalue weighted by Crippen LogP contribution is 2.47. The summed E-state index contributed by atoms with van der Waals surface area (Å²) < 4.78 is 0. The number of fused-ring (bicyclic) bond motifs is 2. The number of hydrogen-bond donors (Lipinski definition) is 0. The van der Waals surface area contributed by atoms with E-state index in [1.54, 1.807) is 0 Å². The highest BCUT2D eigenvalue weighted by atomic mass is 35.5. The lowest BCUT2D eigenvalue weighted by Gasteiger charge is -2.10. The first-order valence-corrected chi connectivity index (χ1v) is 4.10. The Morgan fingerprint density at radius 2 is 2.22 bits per heavy atom. The second-order valence-corrected chi connectivity index (χ2v) is 3.90. The van der Waals surface area contributed by atoms with Gasteiger partial charge in [0.15, 0.2) is 0 Å². The SMILES string of the molecule is ClC1=CC2CC1CC2Cl. The van der Waals surface area contributed by atoms with Gasteiger partial charge in [-0.15, -0.1) is 11.6 Å². The molecule has 9 heavy (non-hydrogen) atoms. The highest BCUT2D eigenvalue weighted by molar-refractivity contribution is 6.30. The maximum absolute atomic E-state index is 5.97. The Hall–Kier alpha value is 0.320. The molecule has 0 amide bonds. The summed E-state index contributed by atoms with van der Waals surface area (Å²) in [6, 6.07) is 0. The van der Waals surface area contributed by atoms with Crippen LogP contribution in [0.5, 0.6) is 0 Å². The molecule has 0 aromatic carbocycles. The van der Waals surface area contributed by atoms with E-state index in [-0.39, 0.29) is 0 Å². The van der Waals surface area contributed by atoms with Crippen LogP contribution >= 0.6 is 23.2 Å². The molecule has 0 nitrogen and oxygen atoms in total. The fraction of sp³-hybridized carbons (Fsp3) is 0.714. The third-order valence-electron chi connectivity index (χ3n) is 2.29. The van der Waals surface area contributed by atoms with Gasteiger partial charge in [-0.3, -0.25) is 0 Å². The predicted molar refractivity (Wildman–Crippen MR) is 39.8 cm³/mol. The Labute approximate surface area is 64.8 Å². The lowest BCUT2D eigenvalue weighted by Crippen LogP contribution is -2.05. The van der Waals surface area contributed by atoms with Gasteiger partial charge in [0.1, 0.15) is 0 Å². The van der Waals surface area contributed by atoms with Crippen molar-refractivity contribution in [2.45, 2.75) is 18.2 Å².